The summed E-state index contributed by atoms with van der Waals surface area (Å²) in [5.41, 5.74) is -0.987. The van der Waals surface area contributed by atoms with Crippen LogP contribution in [-0.4, -0.2) is 40.6 Å². The monoisotopic (exact) mass is 474 g/mol. The quantitative estimate of drug-likeness (QED) is 0.437. The number of hydrogen-bond acceptors (Lipinski definition) is 6. The molecule has 0 radical (unpaired) electrons. The van der Waals surface area contributed by atoms with Gasteiger partial charge < -0.3 is 9.88 Å². The lowest BCUT2D eigenvalue weighted by molar-refractivity contribution is -0.140. The summed E-state index contributed by atoms with van der Waals surface area (Å²) < 4.78 is 55.9. The van der Waals surface area contributed by atoms with Crippen molar-refractivity contribution in [2.75, 3.05) is 5.32 Å². The summed E-state index contributed by atoms with van der Waals surface area (Å²) in [6.07, 6.45) is -2.91. The lowest BCUT2D eigenvalue weighted by atomic mass is 10.1. The zero-order valence-electron chi connectivity index (χ0n) is 18.2. The van der Waals surface area contributed by atoms with Crippen LogP contribution in [-0.2, 0) is 6.18 Å². The minimum atomic E-state index is -4.63. The van der Waals surface area contributed by atoms with Gasteiger partial charge in [0, 0.05) is 12.1 Å². The first-order valence-corrected chi connectivity index (χ1v) is 10.0. The molecular formula is C21H18F4N8O. The highest BCUT2D eigenvalue weighted by molar-refractivity contribution is 6.04. The van der Waals surface area contributed by atoms with Gasteiger partial charge >= 0.3 is 6.18 Å². The predicted octanol–water partition coefficient (Wildman–Crippen LogP) is 4.09. The second-order valence-corrected chi connectivity index (χ2v) is 7.72. The average Bonchev–Trinajstić information content (AvgIpc) is 3.44. The van der Waals surface area contributed by atoms with Gasteiger partial charge in [0.2, 0.25) is 0 Å². The Morgan fingerprint density at radius 2 is 1.94 bits per heavy atom. The van der Waals surface area contributed by atoms with E-state index in [1.54, 1.807) is 12.1 Å². The molecule has 1 amide bonds. The van der Waals surface area contributed by atoms with Crippen LogP contribution < -0.4 is 5.32 Å². The number of imidazole rings is 1. The van der Waals surface area contributed by atoms with Gasteiger partial charge in [-0.05, 0) is 47.2 Å². The first-order chi connectivity index (χ1) is 16.0. The maximum absolute atomic E-state index is 14.6. The number of benzene rings is 1. The number of pyridine rings is 1. The van der Waals surface area contributed by atoms with E-state index in [9.17, 15) is 22.4 Å². The summed E-state index contributed by atoms with van der Waals surface area (Å²) in [4.78, 5) is 20.5. The van der Waals surface area contributed by atoms with Crippen LogP contribution in [0.3, 0.4) is 0 Å². The summed E-state index contributed by atoms with van der Waals surface area (Å²) in [5.74, 6) is -0.653. The minimum Gasteiger partial charge on any atom is -0.306 e. The van der Waals surface area contributed by atoms with Crippen LogP contribution in [0.1, 0.15) is 47.2 Å². The van der Waals surface area contributed by atoms with E-state index >= 15 is 0 Å². The number of amides is 1. The van der Waals surface area contributed by atoms with Gasteiger partial charge in [-0.1, -0.05) is 19.9 Å². The zero-order chi connectivity index (χ0) is 24.6. The lowest BCUT2D eigenvalue weighted by Gasteiger charge is -2.12. The van der Waals surface area contributed by atoms with Crippen molar-refractivity contribution < 1.29 is 22.4 Å². The smallest absolute Gasteiger partial charge is 0.306 e. The Kier molecular flexibility index (Phi) is 5.85. The van der Waals surface area contributed by atoms with Crippen LogP contribution in [0.5, 0.6) is 0 Å². The number of halogens is 4. The van der Waals surface area contributed by atoms with Crippen molar-refractivity contribution in [2.45, 2.75) is 32.9 Å². The fraction of sp³-hybridized carbons (Fsp3) is 0.238. The number of carbonyl (C=O) groups excluding carboxylic acids is 1. The molecule has 0 fully saturated rings. The molecule has 1 N–H and O–H groups in total. The van der Waals surface area contributed by atoms with Crippen molar-refractivity contribution in [3.8, 4) is 11.5 Å². The average molecular weight is 474 g/mol. The van der Waals surface area contributed by atoms with Gasteiger partial charge in [0.15, 0.2) is 17.3 Å². The molecule has 0 atom stereocenters. The predicted molar refractivity (Wildman–Crippen MR) is 112 cm³/mol. The van der Waals surface area contributed by atoms with Crippen molar-refractivity contribution in [1.82, 2.24) is 34.7 Å². The molecule has 0 saturated heterocycles. The molecule has 3 heterocycles. The molecule has 4 aromatic rings. The Morgan fingerprint density at radius 1 is 1.18 bits per heavy atom. The van der Waals surface area contributed by atoms with Crippen molar-refractivity contribution in [2.24, 2.45) is 0 Å². The van der Waals surface area contributed by atoms with Crippen LogP contribution in [0.25, 0.3) is 11.5 Å². The van der Waals surface area contributed by atoms with E-state index in [0.717, 1.165) is 29.2 Å². The molecule has 176 valence electrons. The van der Waals surface area contributed by atoms with Gasteiger partial charge in [-0.3, -0.25) is 4.79 Å². The van der Waals surface area contributed by atoms with Gasteiger partial charge in [-0.15, -0.1) is 5.10 Å². The van der Waals surface area contributed by atoms with E-state index in [-0.39, 0.29) is 23.0 Å². The van der Waals surface area contributed by atoms with Gasteiger partial charge in [-0.25, -0.2) is 14.4 Å². The molecule has 3 aromatic heterocycles. The van der Waals surface area contributed by atoms with Crippen LogP contribution in [0.4, 0.5) is 23.4 Å². The molecule has 13 heteroatoms. The standard InChI is InChI=1S/C21H18F4N8O/c1-11(2)19-29-30-31-33(19)18-6-4-5-17(27-18)28-20(34)13-8-15(12(3)7-14(13)22)32-9-16(26-10-32)21(23,24)25/h4-11H,1-3H3,(H,27,28,34). The third kappa shape index (κ3) is 4.49. The largest absolute Gasteiger partial charge is 0.434 e. The number of hydrogen-bond donors (Lipinski definition) is 1. The fourth-order valence-corrected chi connectivity index (χ4v) is 3.23. The van der Waals surface area contributed by atoms with E-state index in [1.165, 1.54) is 17.7 Å². The molecule has 0 unspecified atom stereocenters. The molecule has 0 aliphatic rings. The second kappa shape index (κ2) is 8.65. The molecular weight excluding hydrogens is 456 g/mol. The Hall–Kier alpha value is -4.16. The summed E-state index contributed by atoms with van der Waals surface area (Å²) in [5, 5.41) is 14.0. The highest BCUT2D eigenvalue weighted by atomic mass is 19.4. The van der Waals surface area contributed by atoms with Gasteiger partial charge in [0.25, 0.3) is 5.91 Å². The Morgan fingerprint density at radius 3 is 2.62 bits per heavy atom. The van der Waals surface area contributed by atoms with Crippen LogP contribution in [0.2, 0.25) is 0 Å². The van der Waals surface area contributed by atoms with Crippen LogP contribution in [0, 0.1) is 12.7 Å². The van der Waals surface area contributed by atoms with Crippen molar-refractivity contribution in [3.63, 3.8) is 0 Å². The summed E-state index contributed by atoms with van der Waals surface area (Å²) in [6, 6.07) is 6.98. The third-order valence-corrected chi connectivity index (χ3v) is 4.88. The maximum Gasteiger partial charge on any atom is 0.434 e. The number of nitrogens with zero attached hydrogens (tertiary/aromatic N) is 7. The van der Waals surface area contributed by atoms with Gasteiger partial charge in [0.05, 0.1) is 17.6 Å². The summed E-state index contributed by atoms with van der Waals surface area (Å²) >= 11 is 0. The molecule has 4 rings (SSSR count). The Balaban J connectivity index is 1.64. The molecule has 1 aromatic carbocycles. The molecule has 0 aliphatic heterocycles. The maximum atomic E-state index is 14.6. The lowest BCUT2D eigenvalue weighted by Crippen LogP contribution is -2.16. The molecule has 0 saturated carbocycles. The van der Waals surface area contributed by atoms with E-state index in [1.807, 2.05) is 13.8 Å². The number of tetrazole rings is 1. The highest BCUT2D eigenvalue weighted by Crippen LogP contribution is 2.29. The normalized spacial score (nSPS) is 11.8. The molecule has 9 nitrogen and oxygen atoms in total. The second-order valence-electron chi connectivity index (χ2n) is 7.72. The van der Waals surface area contributed by atoms with E-state index in [2.05, 4.69) is 30.8 Å². The first-order valence-electron chi connectivity index (χ1n) is 10.0. The zero-order valence-corrected chi connectivity index (χ0v) is 18.2. The Bertz CT molecular complexity index is 1360. The van der Waals surface area contributed by atoms with E-state index in [4.69, 9.17) is 0 Å². The Labute approximate surface area is 190 Å². The van der Waals surface area contributed by atoms with Crippen molar-refractivity contribution in [3.05, 3.63) is 71.3 Å². The molecule has 0 bridgehead atoms. The van der Waals surface area contributed by atoms with Gasteiger partial charge in [0.1, 0.15) is 11.6 Å². The number of anilines is 1. The topological polar surface area (TPSA) is 103 Å². The van der Waals surface area contributed by atoms with Crippen LogP contribution >= 0.6 is 0 Å². The summed E-state index contributed by atoms with van der Waals surface area (Å²) in [6.45, 7) is 5.32. The van der Waals surface area contributed by atoms with Crippen molar-refractivity contribution >= 4 is 11.7 Å². The van der Waals surface area contributed by atoms with Gasteiger partial charge in [-0.2, -0.15) is 17.9 Å². The fourth-order valence-electron chi connectivity index (χ4n) is 3.23. The third-order valence-electron chi connectivity index (χ3n) is 4.88. The minimum absolute atomic E-state index is 0.0103. The number of aromatic nitrogens is 7. The van der Waals surface area contributed by atoms with E-state index in [0.29, 0.717) is 17.2 Å². The number of rotatable bonds is 5. The molecule has 0 aliphatic carbocycles. The number of aryl methyl sites for hydroxylation is 1. The van der Waals surface area contributed by atoms with Crippen molar-refractivity contribution in [1.29, 1.82) is 0 Å². The van der Waals surface area contributed by atoms with Crippen LogP contribution in [0.15, 0.2) is 42.9 Å². The van der Waals surface area contributed by atoms with E-state index < -0.39 is 23.6 Å². The molecule has 34 heavy (non-hydrogen) atoms. The number of nitrogens with one attached hydrogen (secondary N) is 1. The highest BCUT2D eigenvalue weighted by Gasteiger charge is 2.33. The summed E-state index contributed by atoms with van der Waals surface area (Å²) in [7, 11) is 0. The molecule has 0 spiro atoms. The number of alkyl halides is 3. The number of carbonyl (C=O) groups is 1. The SMILES string of the molecule is Cc1cc(F)c(C(=O)Nc2cccc(-n3nnnc3C(C)C)n2)cc1-n1cnc(C(F)(F)F)c1. The first kappa shape index (κ1) is 23.0.